The average molecular weight is 366 g/mol. The minimum Gasteiger partial charge on any atom is -0.352 e. The minimum absolute atomic E-state index is 0.183. The van der Waals surface area contributed by atoms with E-state index >= 15 is 0 Å². The minimum atomic E-state index is 0.183. The van der Waals surface area contributed by atoms with Crippen LogP contribution in [0, 0.1) is 5.92 Å². The van der Waals surface area contributed by atoms with Gasteiger partial charge in [0.2, 0.25) is 5.91 Å². The van der Waals surface area contributed by atoms with Gasteiger partial charge >= 0.3 is 0 Å². The lowest BCUT2D eigenvalue weighted by atomic mass is 9.86. The van der Waals surface area contributed by atoms with E-state index < -0.39 is 0 Å². The number of hydrogen-bond acceptors (Lipinski definition) is 5. The van der Waals surface area contributed by atoms with Crippen molar-refractivity contribution in [1.82, 2.24) is 25.0 Å². The molecule has 1 N–H and O–H groups in total. The SMILES string of the molecule is CSc1nnc([C@@H]2CCCN(CC(=O)N[C@H]3CCCC[C@@H]3C)C2)n1C. The molecular formula is C18H31N5OS. The summed E-state index contributed by atoms with van der Waals surface area (Å²) in [4.78, 5) is 14.8. The third kappa shape index (κ3) is 4.56. The molecule has 2 fully saturated rings. The number of amides is 1. The second kappa shape index (κ2) is 8.54. The van der Waals surface area contributed by atoms with E-state index in [4.69, 9.17) is 0 Å². The second-order valence-corrected chi connectivity index (χ2v) is 8.39. The first-order valence-electron chi connectivity index (χ1n) is 9.53. The fraction of sp³-hybridized carbons (Fsp3) is 0.833. The second-order valence-electron chi connectivity index (χ2n) is 7.61. The van der Waals surface area contributed by atoms with Gasteiger partial charge in [-0.25, -0.2) is 0 Å². The number of carbonyl (C=O) groups is 1. The van der Waals surface area contributed by atoms with Gasteiger partial charge < -0.3 is 9.88 Å². The highest BCUT2D eigenvalue weighted by Crippen LogP contribution is 2.27. The summed E-state index contributed by atoms with van der Waals surface area (Å²) in [5.74, 6) is 2.21. The molecule has 2 heterocycles. The van der Waals surface area contributed by atoms with E-state index in [1.54, 1.807) is 11.8 Å². The molecule has 3 rings (SSSR count). The number of rotatable bonds is 5. The van der Waals surface area contributed by atoms with Crippen molar-refractivity contribution >= 4 is 17.7 Å². The molecule has 1 aromatic rings. The first kappa shape index (κ1) is 18.7. The van der Waals surface area contributed by atoms with Crippen molar-refractivity contribution in [2.75, 3.05) is 25.9 Å². The van der Waals surface area contributed by atoms with Crippen molar-refractivity contribution < 1.29 is 4.79 Å². The summed E-state index contributed by atoms with van der Waals surface area (Å²) in [7, 11) is 2.04. The van der Waals surface area contributed by atoms with Gasteiger partial charge in [-0.3, -0.25) is 9.69 Å². The van der Waals surface area contributed by atoms with Crippen LogP contribution in [0.1, 0.15) is 57.2 Å². The molecule has 1 saturated heterocycles. The summed E-state index contributed by atoms with van der Waals surface area (Å²) in [6.45, 7) is 4.66. The monoisotopic (exact) mass is 365 g/mol. The van der Waals surface area contributed by atoms with Crippen molar-refractivity contribution in [3.63, 3.8) is 0 Å². The Bertz CT molecular complexity index is 590. The van der Waals surface area contributed by atoms with Crippen molar-refractivity contribution in [2.45, 2.75) is 62.6 Å². The van der Waals surface area contributed by atoms with Gasteiger partial charge in [0.05, 0.1) is 6.54 Å². The van der Waals surface area contributed by atoms with Crippen molar-refractivity contribution in [1.29, 1.82) is 0 Å². The Morgan fingerprint density at radius 1 is 1.24 bits per heavy atom. The van der Waals surface area contributed by atoms with Crippen LogP contribution in [0.3, 0.4) is 0 Å². The summed E-state index contributed by atoms with van der Waals surface area (Å²) in [6.07, 6.45) is 9.17. The Labute approximate surface area is 155 Å². The summed E-state index contributed by atoms with van der Waals surface area (Å²) in [6, 6.07) is 0.365. The van der Waals surface area contributed by atoms with Crippen molar-refractivity contribution in [2.24, 2.45) is 13.0 Å². The molecular weight excluding hydrogens is 334 g/mol. The molecule has 0 aromatic carbocycles. The van der Waals surface area contributed by atoms with Crippen LogP contribution in [0.15, 0.2) is 5.16 Å². The van der Waals surface area contributed by atoms with Gasteiger partial charge in [0.25, 0.3) is 0 Å². The average Bonchev–Trinajstić information content (AvgIpc) is 2.98. The Balaban J connectivity index is 1.54. The molecule has 1 aliphatic heterocycles. The number of nitrogens with zero attached hydrogens (tertiary/aromatic N) is 4. The fourth-order valence-electron chi connectivity index (χ4n) is 4.26. The maximum Gasteiger partial charge on any atom is 0.234 e. The van der Waals surface area contributed by atoms with Crippen LogP contribution >= 0.6 is 11.8 Å². The number of hydrogen-bond donors (Lipinski definition) is 1. The summed E-state index contributed by atoms with van der Waals surface area (Å²) >= 11 is 1.62. The fourth-order valence-corrected chi connectivity index (χ4v) is 4.75. The molecule has 0 spiro atoms. The standard InChI is InChI=1S/C18H31N5OS/c1-13-7-4-5-9-15(13)19-16(24)12-23-10-6-8-14(11-23)17-20-21-18(25-3)22(17)2/h13-15H,4-12H2,1-3H3,(H,19,24)/t13-,14+,15-/m0/s1. The highest BCUT2D eigenvalue weighted by Gasteiger charge is 2.28. The molecule has 0 bridgehead atoms. The number of likely N-dealkylation sites (tertiary alicyclic amines) is 1. The summed E-state index contributed by atoms with van der Waals surface area (Å²) < 4.78 is 2.10. The maximum absolute atomic E-state index is 12.5. The molecule has 25 heavy (non-hydrogen) atoms. The highest BCUT2D eigenvalue weighted by molar-refractivity contribution is 7.98. The van der Waals surface area contributed by atoms with Gasteiger partial charge in [0.15, 0.2) is 5.16 Å². The molecule has 0 unspecified atom stereocenters. The highest BCUT2D eigenvalue weighted by atomic mass is 32.2. The molecule has 140 valence electrons. The molecule has 1 aliphatic carbocycles. The lowest BCUT2D eigenvalue weighted by Crippen LogP contribution is -2.47. The first-order chi connectivity index (χ1) is 12.1. The number of aromatic nitrogens is 3. The van der Waals surface area contributed by atoms with E-state index in [1.165, 1.54) is 19.3 Å². The van der Waals surface area contributed by atoms with Crippen LogP contribution in [-0.4, -0.2) is 57.5 Å². The smallest absolute Gasteiger partial charge is 0.234 e. The molecule has 7 heteroatoms. The molecule has 2 aliphatic rings. The third-order valence-electron chi connectivity index (χ3n) is 5.75. The van der Waals surface area contributed by atoms with Crippen LogP contribution < -0.4 is 5.32 Å². The number of nitrogens with one attached hydrogen (secondary N) is 1. The number of piperidine rings is 1. The van der Waals surface area contributed by atoms with Gasteiger partial charge in [-0.1, -0.05) is 31.5 Å². The Hall–Kier alpha value is -1.08. The Kier molecular flexibility index (Phi) is 6.39. The molecule has 0 radical (unpaired) electrons. The van der Waals surface area contributed by atoms with Gasteiger partial charge in [0.1, 0.15) is 5.82 Å². The Morgan fingerprint density at radius 2 is 2.04 bits per heavy atom. The van der Waals surface area contributed by atoms with Crippen LogP contribution in [-0.2, 0) is 11.8 Å². The van der Waals surface area contributed by atoms with Gasteiger partial charge in [-0.15, -0.1) is 10.2 Å². The predicted molar refractivity (Wildman–Crippen MR) is 101 cm³/mol. The number of carbonyl (C=O) groups excluding carboxylic acids is 1. The van der Waals surface area contributed by atoms with Gasteiger partial charge in [-0.2, -0.15) is 0 Å². The first-order valence-corrected chi connectivity index (χ1v) is 10.8. The van der Waals surface area contributed by atoms with Crippen LogP contribution in [0.25, 0.3) is 0 Å². The normalized spacial score (nSPS) is 28.0. The zero-order valence-electron chi connectivity index (χ0n) is 15.7. The largest absolute Gasteiger partial charge is 0.352 e. The van der Waals surface area contributed by atoms with E-state index in [9.17, 15) is 4.79 Å². The maximum atomic E-state index is 12.5. The van der Waals surface area contributed by atoms with E-state index in [0.717, 1.165) is 43.3 Å². The summed E-state index contributed by atoms with van der Waals surface area (Å²) in [5, 5.41) is 12.9. The zero-order valence-corrected chi connectivity index (χ0v) is 16.5. The molecule has 1 saturated carbocycles. The van der Waals surface area contributed by atoms with E-state index in [2.05, 4.69) is 31.9 Å². The van der Waals surface area contributed by atoms with Crippen molar-refractivity contribution in [3.05, 3.63) is 5.82 Å². The molecule has 1 aromatic heterocycles. The number of thioether (sulfide) groups is 1. The van der Waals surface area contributed by atoms with Crippen molar-refractivity contribution in [3.8, 4) is 0 Å². The molecule has 1 amide bonds. The van der Waals surface area contributed by atoms with Crippen LogP contribution in [0.4, 0.5) is 0 Å². The van der Waals surface area contributed by atoms with Gasteiger partial charge in [0, 0.05) is 25.6 Å². The Morgan fingerprint density at radius 3 is 2.76 bits per heavy atom. The van der Waals surface area contributed by atoms with Crippen LogP contribution in [0.5, 0.6) is 0 Å². The van der Waals surface area contributed by atoms with E-state index in [0.29, 0.717) is 24.4 Å². The van der Waals surface area contributed by atoms with Gasteiger partial charge in [-0.05, 0) is 44.4 Å². The zero-order chi connectivity index (χ0) is 17.8. The quantitative estimate of drug-likeness (QED) is 0.812. The molecule has 3 atom stereocenters. The third-order valence-corrected chi connectivity index (χ3v) is 6.47. The lowest BCUT2D eigenvalue weighted by molar-refractivity contribution is -0.123. The summed E-state index contributed by atoms with van der Waals surface area (Å²) in [5.41, 5.74) is 0. The van der Waals surface area contributed by atoms with E-state index in [-0.39, 0.29) is 5.91 Å². The van der Waals surface area contributed by atoms with E-state index in [1.807, 2.05) is 13.3 Å². The topological polar surface area (TPSA) is 63.1 Å². The molecule has 6 nitrogen and oxygen atoms in total. The predicted octanol–water partition coefficient (Wildman–Crippen LogP) is 2.41. The lowest BCUT2D eigenvalue weighted by Gasteiger charge is -2.33. The van der Waals surface area contributed by atoms with Crippen LogP contribution in [0.2, 0.25) is 0 Å².